The van der Waals surface area contributed by atoms with Crippen molar-refractivity contribution in [2.75, 3.05) is 13.7 Å². The van der Waals surface area contributed by atoms with Crippen molar-refractivity contribution in [1.29, 1.82) is 0 Å². The third-order valence-electron chi connectivity index (χ3n) is 3.71. The van der Waals surface area contributed by atoms with Crippen LogP contribution in [0.5, 0.6) is 5.75 Å². The Kier molecular flexibility index (Phi) is 3.84. The summed E-state index contributed by atoms with van der Waals surface area (Å²) in [7, 11) is 1.71. The molecule has 20 heavy (non-hydrogen) atoms. The first-order valence-corrected chi connectivity index (χ1v) is 6.95. The molecule has 1 aliphatic rings. The second kappa shape index (κ2) is 5.93. The predicted molar refractivity (Wildman–Crippen MR) is 82.6 cm³/mol. The Morgan fingerprint density at radius 1 is 1.00 bits per heavy atom. The van der Waals surface area contributed by atoms with Crippen LogP contribution in [0.3, 0.4) is 0 Å². The van der Waals surface area contributed by atoms with Crippen LogP contribution >= 0.6 is 0 Å². The molecule has 2 aromatic carbocycles. The minimum Gasteiger partial charge on any atom is -0.496 e. The Morgan fingerprint density at radius 3 is 2.35 bits per heavy atom. The summed E-state index contributed by atoms with van der Waals surface area (Å²) in [5, 5.41) is 0. The highest BCUT2D eigenvalue weighted by Gasteiger charge is 2.16. The molecule has 102 valence electrons. The lowest BCUT2D eigenvalue weighted by Gasteiger charge is -2.11. The third-order valence-corrected chi connectivity index (χ3v) is 3.71. The standard InChI is InChI=1S/C18H19NO/c1-20-18-11-5-4-7-15(18)10-6-12-19-13-16-8-2-3-9-17(16)14-19/h2-11H,12-14H2,1H3/b10-6+. The number of para-hydroxylation sites is 1. The van der Waals surface area contributed by atoms with Gasteiger partial charge in [0.1, 0.15) is 5.75 Å². The van der Waals surface area contributed by atoms with Gasteiger partial charge in [-0.05, 0) is 17.2 Å². The van der Waals surface area contributed by atoms with Gasteiger partial charge in [0, 0.05) is 25.2 Å². The fraction of sp³-hybridized carbons (Fsp3) is 0.222. The molecule has 0 aliphatic carbocycles. The first-order chi connectivity index (χ1) is 9.86. The largest absolute Gasteiger partial charge is 0.496 e. The molecule has 0 aromatic heterocycles. The van der Waals surface area contributed by atoms with E-state index in [1.165, 1.54) is 11.1 Å². The van der Waals surface area contributed by atoms with Crippen LogP contribution in [0.15, 0.2) is 54.6 Å². The van der Waals surface area contributed by atoms with Crippen LogP contribution in [0.25, 0.3) is 6.08 Å². The quantitative estimate of drug-likeness (QED) is 0.835. The number of benzene rings is 2. The average molecular weight is 265 g/mol. The molecule has 2 nitrogen and oxygen atoms in total. The summed E-state index contributed by atoms with van der Waals surface area (Å²) in [5.41, 5.74) is 4.04. The van der Waals surface area contributed by atoms with E-state index >= 15 is 0 Å². The zero-order valence-electron chi connectivity index (χ0n) is 11.8. The van der Waals surface area contributed by atoms with Crippen molar-refractivity contribution in [2.45, 2.75) is 13.1 Å². The summed E-state index contributed by atoms with van der Waals surface area (Å²) in [6.07, 6.45) is 4.35. The summed E-state index contributed by atoms with van der Waals surface area (Å²) >= 11 is 0. The number of methoxy groups -OCH3 is 1. The molecular weight excluding hydrogens is 246 g/mol. The van der Waals surface area contributed by atoms with E-state index in [0.29, 0.717) is 0 Å². The summed E-state index contributed by atoms with van der Waals surface area (Å²) in [6, 6.07) is 16.8. The van der Waals surface area contributed by atoms with E-state index in [2.05, 4.69) is 47.4 Å². The van der Waals surface area contributed by atoms with Crippen LogP contribution in [-0.2, 0) is 13.1 Å². The van der Waals surface area contributed by atoms with Crippen LogP contribution in [0.4, 0.5) is 0 Å². The van der Waals surface area contributed by atoms with Crippen molar-refractivity contribution in [3.63, 3.8) is 0 Å². The Morgan fingerprint density at radius 2 is 1.65 bits per heavy atom. The Balaban J connectivity index is 1.62. The van der Waals surface area contributed by atoms with Crippen molar-refractivity contribution in [3.8, 4) is 5.75 Å². The maximum Gasteiger partial charge on any atom is 0.126 e. The molecule has 1 aliphatic heterocycles. The maximum absolute atomic E-state index is 5.35. The van der Waals surface area contributed by atoms with Crippen LogP contribution in [0, 0.1) is 0 Å². The van der Waals surface area contributed by atoms with E-state index < -0.39 is 0 Å². The molecule has 0 spiro atoms. The highest BCUT2D eigenvalue weighted by atomic mass is 16.5. The first kappa shape index (κ1) is 12.9. The van der Waals surface area contributed by atoms with E-state index in [-0.39, 0.29) is 0 Å². The van der Waals surface area contributed by atoms with Gasteiger partial charge in [0.25, 0.3) is 0 Å². The Bertz CT molecular complexity index is 593. The van der Waals surface area contributed by atoms with Crippen molar-refractivity contribution >= 4 is 6.08 Å². The topological polar surface area (TPSA) is 12.5 Å². The number of fused-ring (bicyclic) bond motifs is 1. The van der Waals surface area contributed by atoms with E-state index in [0.717, 1.165) is 30.9 Å². The van der Waals surface area contributed by atoms with Crippen molar-refractivity contribution in [1.82, 2.24) is 4.90 Å². The average Bonchev–Trinajstić information content (AvgIpc) is 2.90. The normalized spacial score (nSPS) is 14.7. The lowest BCUT2D eigenvalue weighted by Crippen LogP contribution is -2.15. The second-order valence-electron chi connectivity index (χ2n) is 5.08. The Labute approximate surface area is 120 Å². The minimum atomic E-state index is 0.924. The highest BCUT2D eigenvalue weighted by molar-refractivity contribution is 5.57. The highest BCUT2D eigenvalue weighted by Crippen LogP contribution is 2.22. The molecule has 2 heteroatoms. The monoisotopic (exact) mass is 265 g/mol. The van der Waals surface area contributed by atoms with Crippen LogP contribution in [0.2, 0.25) is 0 Å². The molecule has 0 unspecified atom stereocenters. The van der Waals surface area contributed by atoms with E-state index in [4.69, 9.17) is 4.74 Å². The molecule has 0 saturated heterocycles. The van der Waals surface area contributed by atoms with Crippen molar-refractivity contribution in [2.24, 2.45) is 0 Å². The van der Waals surface area contributed by atoms with Crippen LogP contribution < -0.4 is 4.74 Å². The Hall–Kier alpha value is -2.06. The summed E-state index contributed by atoms with van der Waals surface area (Å²) in [6.45, 7) is 3.06. The fourth-order valence-corrected chi connectivity index (χ4v) is 2.67. The fourth-order valence-electron chi connectivity index (χ4n) is 2.67. The third kappa shape index (κ3) is 2.75. The molecule has 2 aromatic rings. The molecule has 0 atom stereocenters. The van der Waals surface area contributed by atoms with Gasteiger partial charge in [-0.1, -0.05) is 54.6 Å². The molecule has 0 saturated carbocycles. The van der Waals surface area contributed by atoms with Gasteiger partial charge in [0.15, 0.2) is 0 Å². The predicted octanol–water partition coefficient (Wildman–Crippen LogP) is 3.72. The van der Waals surface area contributed by atoms with Crippen LogP contribution in [0.1, 0.15) is 16.7 Å². The maximum atomic E-state index is 5.35. The lowest BCUT2D eigenvalue weighted by atomic mass is 10.1. The van der Waals surface area contributed by atoms with Crippen LogP contribution in [-0.4, -0.2) is 18.6 Å². The van der Waals surface area contributed by atoms with Gasteiger partial charge in [-0.2, -0.15) is 0 Å². The van der Waals surface area contributed by atoms with Gasteiger partial charge in [-0.3, -0.25) is 4.90 Å². The first-order valence-electron chi connectivity index (χ1n) is 6.95. The van der Waals surface area contributed by atoms with Gasteiger partial charge in [-0.15, -0.1) is 0 Å². The van der Waals surface area contributed by atoms with Gasteiger partial charge >= 0.3 is 0 Å². The molecule has 0 bridgehead atoms. The number of ether oxygens (including phenoxy) is 1. The molecule has 1 heterocycles. The number of hydrogen-bond donors (Lipinski definition) is 0. The van der Waals surface area contributed by atoms with E-state index in [9.17, 15) is 0 Å². The second-order valence-corrected chi connectivity index (χ2v) is 5.08. The van der Waals surface area contributed by atoms with Gasteiger partial charge in [0.05, 0.1) is 7.11 Å². The van der Waals surface area contributed by atoms with Gasteiger partial charge in [-0.25, -0.2) is 0 Å². The summed E-state index contributed by atoms with van der Waals surface area (Å²) in [4.78, 5) is 2.44. The summed E-state index contributed by atoms with van der Waals surface area (Å²) < 4.78 is 5.35. The zero-order chi connectivity index (χ0) is 13.8. The smallest absolute Gasteiger partial charge is 0.126 e. The van der Waals surface area contributed by atoms with Gasteiger partial charge < -0.3 is 4.74 Å². The number of rotatable bonds is 4. The molecule has 0 N–H and O–H groups in total. The van der Waals surface area contributed by atoms with Crippen molar-refractivity contribution < 1.29 is 4.74 Å². The number of hydrogen-bond acceptors (Lipinski definition) is 2. The zero-order valence-corrected chi connectivity index (χ0v) is 11.8. The van der Waals surface area contributed by atoms with Gasteiger partial charge in [0.2, 0.25) is 0 Å². The minimum absolute atomic E-state index is 0.924. The lowest BCUT2D eigenvalue weighted by molar-refractivity contribution is 0.317. The molecule has 0 amide bonds. The summed E-state index contributed by atoms with van der Waals surface area (Å²) in [5.74, 6) is 0.924. The van der Waals surface area contributed by atoms with E-state index in [1.54, 1.807) is 7.11 Å². The van der Waals surface area contributed by atoms with E-state index in [1.807, 2.05) is 18.2 Å². The molecule has 0 fully saturated rings. The SMILES string of the molecule is COc1ccccc1/C=C/CN1Cc2ccccc2C1. The molecule has 3 rings (SSSR count). The number of nitrogens with zero attached hydrogens (tertiary/aromatic N) is 1. The molecular formula is C18H19NO. The van der Waals surface area contributed by atoms with Crippen molar-refractivity contribution in [3.05, 3.63) is 71.3 Å². The molecule has 0 radical (unpaired) electrons.